The monoisotopic (exact) mass is 482 g/mol. The summed E-state index contributed by atoms with van der Waals surface area (Å²) in [6, 6.07) is 35.7. The normalized spacial score (nSPS) is 12.4. The number of hydrogen-bond donors (Lipinski definition) is 2. The number of benzene rings is 4. The van der Waals surface area contributed by atoms with Crippen molar-refractivity contribution in [3.05, 3.63) is 138 Å². The van der Waals surface area contributed by atoms with E-state index in [1.807, 2.05) is 74.5 Å². The number of Topliss-reactive ketones (excluding diaryl/α,β-unsaturated/α-hetero) is 1. The van der Waals surface area contributed by atoms with Crippen LogP contribution in [-0.4, -0.2) is 22.0 Å². The quantitative estimate of drug-likeness (QED) is 0.147. The molecule has 5 heteroatoms. The second-order valence-corrected chi connectivity index (χ2v) is 8.85. The first-order valence-electron chi connectivity index (χ1n) is 11.6. The van der Waals surface area contributed by atoms with Crippen molar-refractivity contribution in [1.29, 1.82) is 0 Å². The van der Waals surface area contributed by atoms with Gasteiger partial charge in [0.1, 0.15) is 5.75 Å². The minimum atomic E-state index is -0.873. The van der Waals surface area contributed by atoms with E-state index in [1.165, 1.54) is 0 Å². The van der Waals surface area contributed by atoms with Crippen molar-refractivity contribution in [2.24, 2.45) is 5.41 Å². The van der Waals surface area contributed by atoms with E-state index in [1.54, 1.807) is 60.7 Å². The molecule has 4 aromatic carbocycles. The molecule has 0 heterocycles. The van der Waals surface area contributed by atoms with E-state index in [9.17, 15) is 19.8 Å². The van der Waals surface area contributed by atoms with Gasteiger partial charge in [0, 0.05) is 11.0 Å². The summed E-state index contributed by atoms with van der Waals surface area (Å²) in [6.07, 6.45) is -1.44. The lowest BCUT2D eigenvalue weighted by atomic mass is 9.75. The van der Waals surface area contributed by atoms with E-state index >= 15 is 0 Å². The van der Waals surface area contributed by atoms with Crippen molar-refractivity contribution in [3.63, 3.8) is 0 Å². The fourth-order valence-corrected chi connectivity index (χ4v) is 3.63. The van der Waals surface area contributed by atoms with Crippen LogP contribution < -0.4 is 4.74 Å². The van der Waals surface area contributed by atoms with E-state index in [-0.39, 0.29) is 0 Å². The molecule has 36 heavy (non-hydrogen) atoms. The molecule has 0 aliphatic rings. The first kappa shape index (κ1) is 26.5. The Morgan fingerprint density at radius 2 is 0.972 bits per heavy atom. The average molecular weight is 483 g/mol. The van der Waals surface area contributed by atoms with Gasteiger partial charge in [-0.2, -0.15) is 0 Å². The van der Waals surface area contributed by atoms with Crippen LogP contribution in [0.25, 0.3) is 0 Å². The van der Waals surface area contributed by atoms with Gasteiger partial charge in [0.15, 0.2) is 0 Å². The molecule has 0 aromatic heterocycles. The highest BCUT2D eigenvalue weighted by atomic mass is 16.5. The summed E-state index contributed by atoms with van der Waals surface area (Å²) in [5, 5.41) is 21.0. The van der Waals surface area contributed by atoms with Crippen molar-refractivity contribution in [3.8, 4) is 5.75 Å². The lowest BCUT2D eigenvalue weighted by molar-refractivity contribution is -0.129. The molecule has 4 rings (SSSR count). The standard InChI is InChI=1S/C17H20O2.C14H10O3/c1-17(2,15(18)13-9-5-3-6-10-13)16(19)14-11-7-4-8-12-14;15-13(11-7-3-1-4-8-11)14(16)17-12-9-5-2-6-10-12/h3-12,15-16,18-19H,1-2H3;1-10H. The van der Waals surface area contributed by atoms with Gasteiger partial charge in [-0.3, -0.25) is 4.79 Å². The maximum Gasteiger partial charge on any atom is 0.385 e. The first-order chi connectivity index (χ1) is 17.3. The fraction of sp³-hybridized carbons (Fsp3) is 0.161. The molecule has 0 aliphatic heterocycles. The molecule has 0 saturated carbocycles. The van der Waals surface area contributed by atoms with E-state index < -0.39 is 29.4 Å². The zero-order valence-electron chi connectivity index (χ0n) is 20.3. The zero-order chi connectivity index (χ0) is 26.0. The molecule has 4 aromatic rings. The topological polar surface area (TPSA) is 83.8 Å². The number of aliphatic hydroxyl groups is 2. The SMILES string of the molecule is CC(C)(C(O)c1ccccc1)C(O)c1ccccc1.O=C(Oc1ccccc1)C(=O)c1ccccc1. The van der Waals surface area contributed by atoms with Crippen molar-refractivity contribution in [2.75, 3.05) is 0 Å². The second kappa shape index (κ2) is 12.6. The third-order valence-electron chi connectivity index (χ3n) is 5.82. The molecule has 0 fully saturated rings. The minimum Gasteiger partial charge on any atom is -0.421 e. The van der Waals surface area contributed by atoms with Gasteiger partial charge in [0.2, 0.25) is 0 Å². The molecule has 2 atom stereocenters. The van der Waals surface area contributed by atoms with E-state index in [0.717, 1.165) is 11.1 Å². The molecular weight excluding hydrogens is 452 g/mol. The van der Waals surface area contributed by atoms with Crippen LogP contribution in [-0.2, 0) is 4.79 Å². The van der Waals surface area contributed by atoms with Crippen molar-refractivity contribution >= 4 is 11.8 Å². The van der Waals surface area contributed by atoms with Gasteiger partial charge in [0.25, 0.3) is 5.78 Å². The second-order valence-electron chi connectivity index (χ2n) is 8.85. The summed E-state index contributed by atoms with van der Waals surface area (Å²) >= 11 is 0. The predicted molar refractivity (Wildman–Crippen MR) is 139 cm³/mol. The highest BCUT2D eigenvalue weighted by molar-refractivity contribution is 6.41. The molecule has 0 aliphatic carbocycles. The maximum atomic E-state index is 11.7. The summed E-state index contributed by atoms with van der Waals surface area (Å²) in [5.74, 6) is -1.15. The maximum absolute atomic E-state index is 11.7. The lowest BCUT2D eigenvalue weighted by Gasteiger charge is -2.35. The van der Waals surface area contributed by atoms with E-state index in [0.29, 0.717) is 11.3 Å². The first-order valence-corrected chi connectivity index (χ1v) is 11.6. The molecule has 0 bridgehead atoms. The summed E-state index contributed by atoms with van der Waals surface area (Å²) in [6.45, 7) is 3.75. The Kier molecular flexibility index (Phi) is 9.28. The number of carbonyl (C=O) groups excluding carboxylic acids is 2. The Bertz CT molecular complexity index is 1180. The van der Waals surface area contributed by atoms with Crippen LogP contribution in [0.2, 0.25) is 0 Å². The third-order valence-corrected chi connectivity index (χ3v) is 5.82. The van der Waals surface area contributed by atoms with Crippen molar-refractivity contribution in [2.45, 2.75) is 26.1 Å². The largest absolute Gasteiger partial charge is 0.421 e. The number of rotatable bonds is 7. The van der Waals surface area contributed by atoms with Crippen LogP contribution >= 0.6 is 0 Å². The fourth-order valence-electron chi connectivity index (χ4n) is 3.63. The zero-order valence-corrected chi connectivity index (χ0v) is 20.3. The van der Waals surface area contributed by atoms with Crippen LogP contribution in [0.5, 0.6) is 5.75 Å². The van der Waals surface area contributed by atoms with Gasteiger partial charge in [-0.15, -0.1) is 0 Å². The molecule has 0 spiro atoms. The molecular formula is C31H30O5. The number of carbonyl (C=O) groups is 2. The molecule has 2 N–H and O–H groups in total. The number of ketones is 1. The number of aliphatic hydroxyl groups excluding tert-OH is 2. The highest BCUT2D eigenvalue weighted by Crippen LogP contribution is 2.43. The smallest absolute Gasteiger partial charge is 0.385 e. The van der Waals surface area contributed by atoms with Crippen LogP contribution in [0, 0.1) is 5.41 Å². The van der Waals surface area contributed by atoms with Gasteiger partial charge in [0.05, 0.1) is 12.2 Å². The van der Waals surface area contributed by atoms with Crippen LogP contribution in [0.4, 0.5) is 0 Å². The number of para-hydroxylation sites is 1. The Labute approximate surface area is 211 Å². The third kappa shape index (κ3) is 6.98. The molecule has 184 valence electrons. The van der Waals surface area contributed by atoms with Crippen LogP contribution in [0.1, 0.15) is 47.5 Å². The van der Waals surface area contributed by atoms with Crippen LogP contribution in [0.15, 0.2) is 121 Å². The molecule has 0 saturated heterocycles. The molecule has 0 radical (unpaired) electrons. The van der Waals surface area contributed by atoms with Gasteiger partial charge in [-0.1, -0.05) is 123 Å². The number of esters is 1. The average Bonchev–Trinajstić information content (AvgIpc) is 2.94. The Morgan fingerprint density at radius 3 is 1.39 bits per heavy atom. The summed E-state index contributed by atoms with van der Waals surface area (Å²) in [4.78, 5) is 23.2. The van der Waals surface area contributed by atoms with Gasteiger partial charge < -0.3 is 14.9 Å². The highest BCUT2D eigenvalue weighted by Gasteiger charge is 2.37. The van der Waals surface area contributed by atoms with E-state index in [2.05, 4.69) is 0 Å². The van der Waals surface area contributed by atoms with Gasteiger partial charge in [-0.25, -0.2) is 4.79 Å². The molecule has 5 nitrogen and oxygen atoms in total. The van der Waals surface area contributed by atoms with Gasteiger partial charge >= 0.3 is 5.97 Å². The number of hydrogen-bond acceptors (Lipinski definition) is 5. The van der Waals surface area contributed by atoms with Crippen molar-refractivity contribution in [1.82, 2.24) is 0 Å². The van der Waals surface area contributed by atoms with Gasteiger partial charge in [-0.05, 0) is 23.3 Å². The Morgan fingerprint density at radius 1 is 0.611 bits per heavy atom. The Balaban J connectivity index is 0.000000202. The number of ether oxygens (including phenoxy) is 1. The predicted octanol–water partition coefficient (Wildman–Crippen LogP) is 5.95. The Hall–Kier alpha value is -4.06. The van der Waals surface area contributed by atoms with Crippen molar-refractivity contribution < 1.29 is 24.5 Å². The molecule has 0 amide bonds. The lowest BCUT2D eigenvalue weighted by Crippen LogP contribution is -2.29. The van der Waals surface area contributed by atoms with Crippen LogP contribution in [0.3, 0.4) is 0 Å². The molecule has 2 unspecified atom stereocenters. The summed E-state index contributed by atoms with van der Waals surface area (Å²) in [7, 11) is 0. The minimum absolute atomic E-state index is 0.327. The summed E-state index contributed by atoms with van der Waals surface area (Å²) in [5.41, 5.74) is 1.31. The van der Waals surface area contributed by atoms with E-state index in [4.69, 9.17) is 4.74 Å². The summed E-state index contributed by atoms with van der Waals surface area (Å²) < 4.78 is 4.94.